The van der Waals surface area contributed by atoms with Gasteiger partial charge >= 0.3 is 11.8 Å². The van der Waals surface area contributed by atoms with Gasteiger partial charge in [0.15, 0.2) is 0 Å². The number of carbonyl (C=O) groups excluding carboxylic acids is 2. The molecule has 1 rings (SSSR count). The standard InChI is InChI=1S/C9H10N2O5S/c1-16-10-8(12)9(13)11-17(14,15)7-5-3-2-4-6-7/h2-6H,1H3,(H,10,12)(H,11,13). The zero-order chi connectivity index (χ0) is 12.9. The summed E-state index contributed by atoms with van der Waals surface area (Å²) in [6.07, 6.45) is 0. The van der Waals surface area contributed by atoms with Crippen molar-refractivity contribution in [2.24, 2.45) is 0 Å². The first-order chi connectivity index (χ1) is 7.97. The second-order valence-electron chi connectivity index (χ2n) is 2.88. The molecule has 0 aromatic heterocycles. The van der Waals surface area contributed by atoms with Crippen LogP contribution in [0.1, 0.15) is 0 Å². The predicted octanol–water partition coefficient (Wildman–Crippen LogP) is -0.831. The molecule has 0 unspecified atom stereocenters. The molecule has 0 spiro atoms. The van der Waals surface area contributed by atoms with Crippen molar-refractivity contribution in [2.45, 2.75) is 4.90 Å². The second kappa shape index (κ2) is 5.41. The van der Waals surface area contributed by atoms with Gasteiger partial charge in [-0.15, -0.1) is 0 Å². The first-order valence-corrected chi connectivity index (χ1v) is 5.91. The smallest absolute Gasteiger partial charge is 0.277 e. The quantitative estimate of drug-likeness (QED) is 0.544. The molecule has 2 N–H and O–H groups in total. The number of benzene rings is 1. The first-order valence-electron chi connectivity index (χ1n) is 4.42. The van der Waals surface area contributed by atoms with Gasteiger partial charge in [0.2, 0.25) is 0 Å². The molecule has 0 heterocycles. The molecule has 0 aliphatic heterocycles. The van der Waals surface area contributed by atoms with E-state index in [1.54, 1.807) is 16.3 Å². The lowest BCUT2D eigenvalue weighted by Crippen LogP contribution is -2.42. The Morgan fingerprint density at radius 2 is 1.71 bits per heavy atom. The lowest BCUT2D eigenvalue weighted by Gasteiger charge is -2.05. The Hall–Kier alpha value is -1.93. The van der Waals surface area contributed by atoms with Gasteiger partial charge in [-0.2, -0.15) is 0 Å². The normalized spacial score (nSPS) is 10.6. The highest BCUT2D eigenvalue weighted by Gasteiger charge is 2.22. The number of nitrogens with one attached hydrogen (secondary N) is 2. The van der Waals surface area contributed by atoms with Crippen LogP contribution in [-0.4, -0.2) is 27.3 Å². The van der Waals surface area contributed by atoms with Crippen molar-refractivity contribution in [3.63, 3.8) is 0 Å². The second-order valence-corrected chi connectivity index (χ2v) is 4.57. The maximum absolute atomic E-state index is 11.6. The fourth-order valence-electron chi connectivity index (χ4n) is 0.966. The minimum Gasteiger partial charge on any atom is -0.277 e. The van der Waals surface area contributed by atoms with Crippen LogP contribution in [0.2, 0.25) is 0 Å². The molecular formula is C9H10N2O5S. The zero-order valence-electron chi connectivity index (χ0n) is 8.84. The molecule has 0 bridgehead atoms. The SMILES string of the molecule is CONC(=O)C(=O)NS(=O)(=O)c1ccccc1. The highest BCUT2D eigenvalue weighted by molar-refractivity contribution is 7.90. The van der Waals surface area contributed by atoms with E-state index in [0.29, 0.717) is 0 Å². The van der Waals surface area contributed by atoms with Gasteiger partial charge in [0.25, 0.3) is 10.0 Å². The Morgan fingerprint density at radius 3 is 2.24 bits per heavy atom. The van der Waals surface area contributed by atoms with Crippen LogP contribution >= 0.6 is 0 Å². The van der Waals surface area contributed by atoms with E-state index in [1.807, 2.05) is 0 Å². The Bertz CT molecular complexity index is 511. The van der Waals surface area contributed by atoms with Crippen LogP contribution in [0.4, 0.5) is 0 Å². The Balaban J connectivity index is 2.82. The molecule has 0 fully saturated rings. The first kappa shape index (κ1) is 13.1. The lowest BCUT2D eigenvalue weighted by molar-refractivity contribution is -0.144. The monoisotopic (exact) mass is 258 g/mol. The predicted molar refractivity (Wildman–Crippen MR) is 56.9 cm³/mol. The van der Waals surface area contributed by atoms with Crippen molar-refractivity contribution in [3.8, 4) is 0 Å². The van der Waals surface area contributed by atoms with E-state index < -0.39 is 21.8 Å². The summed E-state index contributed by atoms with van der Waals surface area (Å²) in [4.78, 5) is 26.2. The van der Waals surface area contributed by atoms with Gasteiger partial charge in [-0.3, -0.25) is 14.4 Å². The highest BCUT2D eigenvalue weighted by atomic mass is 32.2. The zero-order valence-corrected chi connectivity index (χ0v) is 9.65. The molecule has 17 heavy (non-hydrogen) atoms. The van der Waals surface area contributed by atoms with Crippen molar-refractivity contribution < 1.29 is 22.8 Å². The van der Waals surface area contributed by atoms with Gasteiger partial charge in [-0.25, -0.2) is 18.6 Å². The maximum atomic E-state index is 11.6. The minimum absolute atomic E-state index is 0.112. The Labute approximate surface area is 97.8 Å². The number of hydroxylamine groups is 1. The summed E-state index contributed by atoms with van der Waals surface area (Å²) >= 11 is 0. The average molecular weight is 258 g/mol. The number of rotatable bonds is 3. The largest absolute Gasteiger partial charge is 0.333 e. The van der Waals surface area contributed by atoms with Crippen LogP contribution in [0.25, 0.3) is 0 Å². The van der Waals surface area contributed by atoms with E-state index in [9.17, 15) is 18.0 Å². The van der Waals surface area contributed by atoms with Gasteiger partial charge in [-0.1, -0.05) is 18.2 Å². The van der Waals surface area contributed by atoms with Gasteiger partial charge in [0.1, 0.15) is 0 Å². The van der Waals surface area contributed by atoms with Gasteiger partial charge in [0.05, 0.1) is 12.0 Å². The number of carbonyl (C=O) groups is 2. The summed E-state index contributed by atoms with van der Waals surface area (Å²) < 4.78 is 24.8. The van der Waals surface area contributed by atoms with Gasteiger partial charge in [0, 0.05) is 0 Å². The van der Waals surface area contributed by atoms with Crippen LogP contribution in [0.5, 0.6) is 0 Å². The molecule has 0 aliphatic rings. The van der Waals surface area contributed by atoms with Crippen LogP contribution < -0.4 is 10.2 Å². The van der Waals surface area contributed by atoms with Crippen LogP contribution in [0, 0.1) is 0 Å². The third-order valence-corrected chi connectivity index (χ3v) is 3.03. The number of hydrogen-bond donors (Lipinski definition) is 2. The molecule has 0 atom stereocenters. The van der Waals surface area contributed by atoms with Gasteiger partial charge < -0.3 is 0 Å². The Kier molecular flexibility index (Phi) is 4.18. The summed E-state index contributed by atoms with van der Waals surface area (Å²) in [5.41, 5.74) is 1.70. The van der Waals surface area contributed by atoms with Crippen LogP contribution in [0.3, 0.4) is 0 Å². The highest BCUT2D eigenvalue weighted by Crippen LogP contribution is 2.06. The molecule has 0 saturated heterocycles. The molecular weight excluding hydrogens is 248 g/mol. The molecule has 8 heteroatoms. The van der Waals surface area contributed by atoms with E-state index >= 15 is 0 Å². The van der Waals surface area contributed by atoms with Crippen molar-refractivity contribution in [3.05, 3.63) is 30.3 Å². The van der Waals surface area contributed by atoms with Crippen LogP contribution in [0.15, 0.2) is 35.2 Å². The third-order valence-electron chi connectivity index (χ3n) is 1.68. The van der Waals surface area contributed by atoms with E-state index in [4.69, 9.17) is 0 Å². The molecule has 0 radical (unpaired) electrons. The number of sulfonamides is 1. The molecule has 0 saturated carbocycles. The number of amides is 2. The summed E-state index contributed by atoms with van der Waals surface area (Å²) in [7, 11) is -2.92. The van der Waals surface area contributed by atoms with Crippen molar-refractivity contribution in [1.82, 2.24) is 10.2 Å². The summed E-state index contributed by atoms with van der Waals surface area (Å²) in [5, 5.41) is 0. The summed E-state index contributed by atoms with van der Waals surface area (Å²) in [6.45, 7) is 0. The van der Waals surface area contributed by atoms with Gasteiger partial charge in [-0.05, 0) is 12.1 Å². The molecule has 2 amide bonds. The Morgan fingerprint density at radius 1 is 1.12 bits per heavy atom. The third kappa shape index (κ3) is 3.54. The molecule has 1 aromatic carbocycles. The molecule has 7 nitrogen and oxygen atoms in total. The van der Waals surface area contributed by atoms with Crippen molar-refractivity contribution >= 4 is 21.8 Å². The fraction of sp³-hybridized carbons (Fsp3) is 0.111. The fourth-order valence-corrected chi connectivity index (χ4v) is 1.94. The van der Waals surface area contributed by atoms with E-state index in [1.165, 1.54) is 24.3 Å². The van der Waals surface area contributed by atoms with E-state index in [-0.39, 0.29) is 4.90 Å². The molecule has 92 valence electrons. The molecule has 1 aromatic rings. The van der Waals surface area contributed by atoms with Crippen molar-refractivity contribution in [2.75, 3.05) is 7.11 Å². The van der Waals surface area contributed by atoms with Crippen LogP contribution in [-0.2, 0) is 24.4 Å². The summed E-state index contributed by atoms with van der Waals surface area (Å²) in [5.74, 6) is -2.53. The molecule has 0 aliphatic carbocycles. The maximum Gasteiger partial charge on any atom is 0.333 e. The van der Waals surface area contributed by atoms with E-state index in [0.717, 1.165) is 7.11 Å². The van der Waals surface area contributed by atoms with E-state index in [2.05, 4.69) is 4.84 Å². The average Bonchev–Trinajstić information content (AvgIpc) is 2.30. The number of hydrogen-bond acceptors (Lipinski definition) is 5. The topological polar surface area (TPSA) is 102 Å². The minimum atomic E-state index is -4.04. The van der Waals surface area contributed by atoms with Crippen molar-refractivity contribution in [1.29, 1.82) is 0 Å². The summed E-state index contributed by atoms with van der Waals surface area (Å²) in [6, 6.07) is 7.20. The lowest BCUT2D eigenvalue weighted by atomic mass is 10.4.